The van der Waals surface area contributed by atoms with Gasteiger partial charge in [0.1, 0.15) is 5.78 Å². The Kier molecular flexibility index (Phi) is 2.32. The Balaban J connectivity index is 1.86. The van der Waals surface area contributed by atoms with Gasteiger partial charge in [-0.3, -0.25) is 4.79 Å². The minimum atomic E-state index is -0.0898. The lowest BCUT2D eigenvalue weighted by Crippen LogP contribution is -2.52. The van der Waals surface area contributed by atoms with E-state index in [1.54, 1.807) is 5.57 Å². The number of allylic oxidation sites excluding steroid dienone is 4. The average Bonchev–Trinajstić information content (AvgIpc) is 2.88. The van der Waals surface area contributed by atoms with Crippen LogP contribution in [0.25, 0.3) is 0 Å². The van der Waals surface area contributed by atoms with E-state index in [4.69, 9.17) is 0 Å². The highest BCUT2D eigenvalue weighted by Gasteiger charge is 2.56. The van der Waals surface area contributed by atoms with Crippen molar-refractivity contribution >= 4 is 5.78 Å². The van der Waals surface area contributed by atoms with Crippen LogP contribution >= 0.6 is 0 Å². The van der Waals surface area contributed by atoms with E-state index < -0.39 is 0 Å². The second kappa shape index (κ2) is 3.80. The van der Waals surface area contributed by atoms with Gasteiger partial charge in [0, 0.05) is 11.8 Å². The van der Waals surface area contributed by atoms with Gasteiger partial charge >= 0.3 is 0 Å². The van der Waals surface area contributed by atoms with E-state index in [2.05, 4.69) is 12.2 Å². The fourth-order valence-corrected chi connectivity index (χ4v) is 5.13. The molecule has 0 amide bonds. The number of aliphatic hydroxyl groups is 1. The first kappa shape index (κ1) is 11.0. The topological polar surface area (TPSA) is 37.3 Å². The van der Waals surface area contributed by atoms with Crippen molar-refractivity contribution in [2.24, 2.45) is 29.6 Å². The van der Waals surface area contributed by atoms with E-state index in [9.17, 15) is 9.90 Å². The molecule has 0 spiro atoms. The summed E-state index contributed by atoms with van der Waals surface area (Å²) in [5.41, 5.74) is 3.06. The molecule has 0 heterocycles. The number of rotatable bonds is 1. The first-order valence-electron chi connectivity index (χ1n) is 7.36. The maximum absolute atomic E-state index is 12.6. The molecule has 0 aliphatic heterocycles. The lowest BCUT2D eigenvalue weighted by molar-refractivity contribution is -0.137. The Hall–Kier alpha value is -0.890. The van der Waals surface area contributed by atoms with Gasteiger partial charge in [0.15, 0.2) is 0 Å². The molecule has 2 nitrogen and oxygen atoms in total. The number of fused-ring (bicyclic) bond motifs is 1. The maximum Gasteiger partial charge on any atom is 0.146 e. The highest BCUT2D eigenvalue weighted by Crippen LogP contribution is 2.59. The smallest absolute Gasteiger partial charge is 0.146 e. The highest BCUT2D eigenvalue weighted by molar-refractivity contribution is 5.90. The van der Waals surface area contributed by atoms with Gasteiger partial charge in [0.05, 0.1) is 6.61 Å². The van der Waals surface area contributed by atoms with Crippen LogP contribution in [0.1, 0.15) is 32.1 Å². The summed E-state index contributed by atoms with van der Waals surface area (Å²) < 4.78 is 0. The molecule has 0 radical (unpaired) electrons. The molecule has 1 N–H and O–H groups in total. The summed E-state index contributed by atoms with van der Waals surface area (Å²) >= 11 is 0. The molecule has 0 aromatic rings. The van der Waals surface area contributed by atoms with Gasteiger partial charge in [-0.1, -0.05) is 23.3 Å². The van der Waals surface area contributed by atoms with Crippen LogP contribution in [0, 0.1) is 29.6 Å². The molecule has 0 aromatic heterocycles. The zero-order chi connectivity index (χ0) is 12.3. The van der Waals surface area contributed by atoms with E-state index in [0.29, 0.717) is 23.5 Å². The molecule has 0 saturated heterocycles. The lowest BCUT2D eigenvalue weighted by atomic mass is 9.51. The van der Waals surface area contributed by atoms with Crippen molar-refractivity contribution in [3.05, 3.63) is 23.3 Å². The van der Waals surface area contributed by atoms with E-state index in [0.717, 1.165) is 12.8 Å². The first-order valence-corrected chi connectivity index (χ1v) is 7.36. The van der Waals surface area contributed by atoms with Crippen molar-refractivity contribution in [2.75, 3.05) is 6.61 Å². The summed E-state index contributed by atoms with van der Waals surface area (Å²) in [5.74, 6) is 1.82. The van der Waals surface area contributed by atoms with Crippen LogP contribution in [-0.2, 0) is 4.79 Å². The first-order chi connectivity index (χ1) is 8.83. The van der Waals surface area contributed by atoms with Crippen LogP contribution in [0.4, 0.5) is 0 Å². The molecule has 5 atom stereocenters. The van der Waals surface area contributed by atoms with Gasteiger partial charge in [-0.2, -0.15) is 0 Å². The monoisotopic (exact) mass is 244 g/mol. The molecule has 0 aromatic carbocycles. The van der Waals surface area contributed by atoms with Crippen molar-refractivity contribution < 1.29 is 9.90 Å². The Labute approximate surface area is 108 Å². The van der Waals surface area contributed by atoms with E-state index in [1.165, 1.54) is 24.8 Å². The summed E-state index contributed by atoms with van der Waals surface area (Å²) in [4.78, 5) is 12.6. The van der Waals surface area contributed by atoms with Gasteiger partial charge in [-0.15, -0.1) is 0 Å². The van der Waals surface area contributed by atoms with Crippen LogP contribution in [0.2, 0.25) is 0 Å². The summed E-state index contributed by atoms with van der Waals surface area (Å²) in [6.45, 7) is 0.0556. The molecule has 5 rings (SSSR count). The minimum Gasteiger partial charge on any atom is -0.396 e. The number of Topliss-reactive ketones (excluding diaryl/α,β-unsaturated/α-hetero) is 1. The number of hydrogen-bond acceptors (Lipinski definition) is 2. The Morgan fingerprint density at radius 1 is 1.22 bits per heavy atom. The molecule has 5 aliphatic rings. The fraction of sp³-hybridized carbons (Fsp3) is 0.688. The van der Waals surface area contributed by atoms with Gasteiger partial charge in [-0.25, -0.2) is 0 Å². The average molecular weight is 244 g/mol. The number of hydrogen-bond donors (Lipinski definition) is 1. The lowest BCUT2D eigenvalue weighted by Gasteiger charge is -2.52. The van der Waals surface area contributed by atoms with Crippen molar-refractivity contribution in [1.82, 2.24) is 0 Å². The van der Waals surface area contributed by atoms with E-state index >= 15 is 0 Å². The van der Waals surface area contributed by atoms with Crippen LogP contribution in [0.15, 0.2) is 23.3 Å². The molecule has 2 bridgehead atoms. The molecule has 1 fully saturated rings. The zero-order valence-electron chi connectivity index (χ0n) is 10.6. The molecular formula is C16H20O2. The van der Waals surface area contributed by atoms with Crippen LogP contribution < -0.4 is 0 Å². The van der Waals surface area contributed by atoms with Crippen molar-refractivity contribution in [2.45, 2.75) is 32.1 Å². The fourth-order valence-electron chi connectivity index (χ4n) is 5.13. The molecule has 96 valence electrons. The van der Waals surface area contributed by atoms with Gasteiger partial charge in [-0.05, 0) is 49.9 Å². The van der Waals surface area contributed by atoms with Gasteiger partial charge in [0.25, 0.3) is 0 Å². The van der Waals surface area contributed by atoms with Crippen molar-refractivity contribution in [1.29, 1.82) is 0 Å². The largest absolute Gasteiger partial charge is 0.396 e. The number of carbonyl (C=O) groups excluding carboxylic acids is 1. The summed E-state index contributed by atoms with van der Waals surface area (Å²) in [6, 6.07) is 0. The standard InChI is InChI=1S/C16H20O2/c17-8-13-14-9-4-1-2-5-11(9)15(16(13)18)12-7-3-6-10(12)14/h3,7,10,12-15,17H,1-2,4-6,8H2/t10-,12+,13?,14-,15+/m1/s1. The molecule has 5 aliphatic carbocycles. The van der Waals surface area contributed by atoms with Crippen LogP contribution in [0.5, 0.6) is 0 Å². The second-order valence-electron chi connectivity index (χ2n) is 6.36. The number of carbonyl (C=O) groups is 1. The predicted molar refractivity (Wildman–Crippen MR) is 68.8 cm³/mol. The van der Waals surface area contributed by atoms with Crippen molar-refractivity contribution in [3.8, 4) is 0 Å². The molecule has 1 unspecified atom stereocenters. The van der Waals surface area contributed by atoms with Gasteiger partial charge in [0.2, 0.25) is 0 Å². The molecular weight excluding hydrogens is 224 g/mol. The third-order valence-electron chi connectivity index (χ3n) is 5.74. The second-order valence-corrected chi connectivity index (χ2v) is 6.36. The SMILES string of the molecule is O=C1C(CO)[C@@H]2C3=C(CCCC3)[C@H]1[C@H]1C=CC[C@H]12. The van der Waals surface area contributed by atoms with E-state index in [-0.39, 0.29) is 18.4 Å². The maximum atomic E-state index is 12.6. The highest BCUT2D eigenvalue weighted by atomic mass is 16.3. The van der Waals surface area contributed by atoms with Gasteiger partial charge < -0.3 is 5.11 Å². The Morgan fingerprint density at radius 3 is 2.78 bits per heavy atom. The quantitative estimate of drug-likeness (QED) is 0.720. The van der Waals surface area contributed by atoms with E-state index in [1.807, 2.05) is 0 Å². The number of ketones is 1. The molecule has 18 heavy (non-hydrogen) atoms. The molecule has 1 saturated carbocycles. The summed E-state index contributed by atoms with van der Waals surface area (Å²) in [5, 5.41) is 9.63. The normalized spacial score (nSPS) is 45.4. The Morgan fingerprint density at radius 2 is 2.00 bits per heavy atom. The van der Waals surface area contributed by atoms with Crippen LogP contribution in [-0.4, -0.2) is 17.5 Å². The Bertz CT molecular complexity index is 460. The number of aliphatic hydroxyl groups excluding tert-OH is 1. The van der Waals surface area contributed by atoms with Crippen molar-refractivity contribution in [3.63, 3.8) is 0 Å². The van der Waals surface area contributed by atoms with Crippen LogP contribution in [0.3, 0.4) is 0 Å². The predicted octanol–water partition coefficient (Wildman–Crippen LogP) is 2.49. The zero-order valence-corrected chi connectivity index (χ0v) is 10.6. The minimum absolute atomic E-state index is 0.0556. The summed E-state index contributed by atoms with van der Waals surface area (Å²) in [7, 11) is 0. The third kappa shape index (κ3) is 1.20. The molecule has 2 heteroatoms. The third-order valence-corrected chi connectivity index (χ3v) is 5.74. The summed E-state index contributed by atoms with van der Waals surface area (Å²) in [6.07, 6.45) is 10.5.